The summed E-state index contributed by atoms with van der Waals surface area (Å²) in [6.45, 7) is 2.46. The molecule has 140 valence electrons. The second kappa shape index (κ2) is 6.80. The number of hydrogen-bond acceptors (Lipinski definition) is 6. The van der Waals surface area contributed by atoms with Crippen LogP contribution in [-0.4, -0.2) is 46.1 Å². The third-order valence-corrected chi connectivity index (χ3v) is 4.62. The van der Waals surface area contributed by atoms with Crippen molar-refractivity contribution >= 4 is 34.3 Å². The molecular weight excluding hydrogens is 381 g/mol. The standard InChI is InChI=1S/C17H14ClF3N6/c18-13-3-2-12-15(25-13)16(24-10-23-12)27-7-5-26(6-8-27)14-4-1-11(9-22-14)17(19,20)21/h1-4,9-10H,5-8H2. The van der Waals surface area contributed by atoms with Crippen LogP contribution < -0.4 is 9.80 Å². The van der Waals surface area contributed by atoms with E-state index in [1.54, 1.807) is 12.1 Å². The first-order chi connectivity index (χ1) is 12.9. The molecule has 0 saturated carbocycles. The van der Waals surface area contributed by atoms with E-state index in [1.165, 1.54) is 12.4 Å². The molecule has 0 aliphatic carbocycles. The van der Waals surface area contributed by atoms with Gasteiger partial charge in [0.25, 0.3) is 0 Å². The van der Waals surface area contributed by atoms with Crippen LogP contribution in [0.1, 0.15) is 5.56 Å². The maximum absolute atomic E-state index is 12.7. The Labute approximate surface area is 157 Å². The van der Waals surface area contributed by atoms with Gasteiger partial charge in [-0.1, -0.05) is 11.6 Å². The van der Waals surface area contributed by atoms with Crippen LogP contribution in [0.15, 0.2) is 36.8 Å². The van der Waals surface area contributed by atoms with Crippen LogP contribution in [0.2, 0.25) is 5.15 Å². The quantitative estimate of drug-likeness (QED) is 0.621. The molecule has 1 fully saturated rings. The van der Waals surface area contributed by atoms with E-state index in [9.17, 15) is 13.2 Å². The van der Waals surface area contributed by atoms with Gasteiger partial charge in [0.1, 0.15) is 22.8 Å². The van der Waals surface area contributed by atoms with Crippen molar-refractivity contribution in [2.45, 2.75) is 6.18 Å². The van der Waals surface area contributed by atoms with Crippen molar-refractivity contribution in [1.82, 2.24) is 19.9 Å². The SMILES string of the molecule is FC(F)(F)c1ccc(N2CCN(c3ncnc4ccc(Cl)nc34)CC2)nc1. The molecule has 1 aliphatic heterocycles. The molecule has 0 unspecified atom stereocenters. The fraction of sp³-hybridized carbons (Fsp3) is 0.294. The zero-order valence-electron chi connectivity index (χ0n) is 14.0. The molecule has 0 aromatic carbocycles. The van der Waals surface area contributed by atoms with Crippen LogP contribution in [-0.2, 0) is 6.18 Å². The molecule has 4 rings (SSSR count). The van der Waals surface area contributed by atoms with Crippen LogP contribution in [0.4, 0.5) is 24.8 Å². The van der Waals surface area contributed by atoms with Gasteiger partial charge in [-0.05, 0) is 24.3 Å². The van der Waals surface area contributed by atoms with E-state index >= 15 is 0 Å². The number of alkyl halides is 3. The number of fused-ring (bicyclic) bond motifs is 1. The molecule has 4 heterocycles. The highest BCUT2D eigenvalue weighted by Crippen LogP contribution is 2.30. The smallest absolute Gasteiger partial charge is 0.353 e. The Hall–Kier alpha value is -2.68. The lowest BCUT2D eigenvalue weighted by Gasteiger charge is -2.36. The lowest BCUT2D eigenvalue weighted by atomic mass is 10.2. The summed E-state index contributed by atoms with van der Waals surface area (Å²) in [6.07, 6.45) is -2.03. The lowest BCUT2D eigenvalue weighted by Crippen LogP contribution is -2.47. The largest absolute Gasteiger partial charge is 0.417 e. The summed E-state index contributed by atoms with van der Waals surface area (Å²) in [6, 6.07) is 5.92. The fourth-order valence-corrected chi connectivity index (χ4v) is 3.17. The number of hydrogen-bond donors (Lipinski definition) is 0. The van der Waals surface area contributed by atoms with E-state index in [0.717, 1.165) is 12.3 Å². The van der Waals surface area contributed by atoms with Gasteiger partial charge in [0.15, 0.2) is 5.82 Å². The summed E-state index contributed by atoms with van der Waals surface area (Å²) in [5.41, 5.74) is 0.586. The second-order valence-electron chi connectivity index (χ2n) is 6.08. The first kappa shape index (κ1) is 17.7. The normalized spacial score (nSPS) is 15.4. The van der Waals surface area contributed by atoms with E-state index in [1.807, 2.05) is 4.90 Å². The number of halogens is 4. The Morgan fingerprint density at radius 1 is 0.889 bits per heavy atom. The minimum absolute atomic E-state index is 0.367. The Morgan fingerprint density at radius 3 is 2.30 bits per heavy atom. The van der Waals surface area contributed by atoms with Crippen molar-refractivity contribution in [2.24, 2.45) is 0 Å². The van der Waals surface area contributed by atoms with Crippen molar-refractivity contribution < 1.29 is 13.2 Å². The van der Waals surface area contributed by atoms with E-state index in [0.29, 0.717) is 54.0 Å². The number of aromatic nitrogens is 4. The predicted octanol–water partition coefficient (Wildman–Crippen LogP) is 3.42. The number of anilines is 2. The van der Waals surface area contributed by atoms with Gasteiger partial charge in [-0.3, -0.25) is 0 Å². The molecule has 0 atom stereocenters. The average Bonchev–Trinajstić information content (AvgIpc) is 2.67. The molecule has 0 amide bonds. The van der Waals surface area contributed by atoms with E-state index in [2.05, 4.69) is 24.8 Å². The summed E-state index contributed by atoms with van der Waals surface area (Å²) in [5.74, 6) is 1.22. The Morgan fingerprint density at radius 2 is 1.63 bits per heavy atom. The summed E-state index contributed by atoms with van der Waals surface area (Å²) in [7, 11) is 0. The summed E-state index contributed by atoms with van der Waals surface area (Å²) in [5, 5.41) is 0.367. The maximum Gasteiger partial charge on any atom is 0.417 e. The molecule has 3 aromatic rings. The molecule has 3 aromatic heterocycles. The molecule has 0 spiro atoms. The highest BCUT2D eigenvalue weighted by Gasteiger charge is 2.31. The van der Waals surface area contributed by atoms with Crippen LogP contribution in [0.3, 0.4) is 0 Å². The molecule has 10 heteroatoms. The third kappa shape index (κ3) is 3.59. The van der Waals surface area contributed by atoms with E-state index < -0.39 is 11.7 Å². The molecule has 1 aliphatic rings. The number of rotatable bonds is 2. The maximum atomic E-state index is 12.7. The monoisotopic (exact) mass is 394 g/mol. The Balaban J connectivity index is 1.50. The van der Waals surface area contributed by atoms with Crippen molar-refractivity contribution in [3.8, 4) is 0 Å². The molecule has 6 nitrogen and oxygen atoms in total. The second-order valence-corrected chi connectivity index (χ2v) is 6.46. The highest BCUT2D eigenvalue weighted by molar-refractivity contribution is 6.29. The Kier molecular flexibility index (Phi) is 4.47. The Bertz CT molecular complexity index is 955. The molecule has 0 radical (unpaired) electrons. The molecule has 1 saturated heterocycles. The van der Waals surface area contributed by atoms with Crippen LogP contribution in [0, 0.1) is 0 Å². The third-order valence-electron chi connectivity index (χ3n) is 4.41. The first-order valence-electron chi connectivity index (χ1n) is 8.22. The van der Waals surface area contributed by atoms with Crippen molar-refractivity contribution in [3.63, 3.8) is 0 Å². The van der Waals surface area contributed by atoms with Crippen LogP contribution in [0.25, 0.3) is 11.0 Å². The van der Waals surface area contributed by atoms with Gasteiger partial charge >= 0.3 is 6.18 Å². The van der Waals surface area contributed by atoms with E-state index in [4.69, 9.17) is 11.6 Å². The van der Waals surface area contributed by atoms with Gasteiger partial charge in [0.05, 0.1) is 11.1 Å². The highest BCUT2D eigenvalue weighted by atomic mass is 35.5. The van der Waals surface area contributed by atoms with Crippen LogP contribution >= 0.6 is 11.6 Å². The van der Waals surface area contributed by atoms with Crippen molar-refractivity contribution in [3.05, 3.63) is 47.5 Å². The summed E-state index contributed by atoms with van der Waals surface area (Å²) in [4.78, 5) is 20.8. The predicted molar refractivity (Wildman–Crippen MR) is 96.0 cm³/mol. The van der Waals surface area contributed by atoms with Gasteiger partial charge in [0.2, 0.25) is 0 Å². The van der Waals surface area contributed by atoms with E-state index in [-0.39, 0.29) is 0 Å². The topological polar surface area (TPSA) is 58.0 Å². The number of piperazine rings is 1. The molecule has 0 N–H and O–H groups in total. The fourth-order valence-electron chi connectivity index (χ4n) is 3.02. The summed E-state index contributed by atoms with van der Waals surface area (Å²) >= 11 is 6.00. The zero-order chi connectivity index (χ0) is 19.0. The van der Waals surface area contributed by atoms with Crippen LogP contribution in [0.5, 0.6) is 0 Å². The zero-order valence-corrected chi connectivity index (χ0v) is 14.7. The van der Waals surface area contributed by atoms with Gasteiger partial charge in [-0.25, -0.2) is 19.9 Å². The minimum Gasteiger partial charge on any atom is -0.353 e. The van der Waals surface area contributed by atoms with Gasteiger partial charge in [-0.15, -0.1) is 0 Å². The average molecular weight is 395 g/mol. The number of nitrogens with zero attached hydrogens (tertiary/aromatic N) is 6. The van der Waals surface area contributed by atoms with Gasteiger partial charge in [0, 0.05) is 32.4 Å². The number of pyridine rings is 2. The first-order valence-corrected chi connectivity index (χ1v) is 8.60. The molecular formula is C17H14ClF3N6. The summed E-state index contributed by atoms with van der Waals surface area (Å²) < 4.78 is 38.0. The molecule has 0 bridgehead atoms. The minimum atomic E-state index is -4.38. The lowest BCUT2D eigenvalue weighted by molar-refractivity contribution is -0.137. The van der Waals surface area contributed by atoms with Gasteiger partial charge < -0.3 is 9.80 Å². The van der Waals surface area contributed by atoms with Crippen molar-refractivity contribution in [1.29, 1.82) is 0 Å². The molecule has 27 heavy (non-hydrogen) atoms. The van der Waals surface area contributed by atoms with Gasteiger partial charge in [-0.2, -0.15) is 13.2 Å². The van der Waals surface area contributed by atoms with Crippen molar-refractivity contribution in [2.75, 3.05) is 36.0 Å².